The molecule has 0 aliphatic carbocycles. The smallest absolute Gasteiger partial charge is 0.231 e. The highest BCUT2D eigenvalue weighted by atomic mass is 16.5. The van der Waals surface area contributed by atoms with Crippen LogP contribution in [0.1, 0.15) is 12.0 Å². The number of fused-ring (bicyclic) bond motifs is 1. The van der Waals surface area contributed by atoms with Gasteiger partial charge in [0.1, 0.15) is 11.5 Å². The Morgan fingerprint density at radius 1 is 1.10 bits per heavy atom. The third-order valence-electron chi connectivity index (χ3n) is 6.31. The number of hydrogen-bond acceptors (Lipinski definition) is 7. The lowest BCUT2D eigenvalue weighted by atomic mass is 10.2. The molecule has 0 saturated carbocycles. The number of aromatic nitrogens is 3. The zero-order valence-electron chi connectivity index (χ0n) is 18.3. The molecule has 0 bridgehead atoms. The normalized spacial score (nSPS) is 20.1. The molecule has 2 fully saturated rings. The Morgan fingerprint density at radius 2 is 1.90 bits per heavy atom. The molecule has 31 heavy (non-hydrogen) atoms. The maximum Gasteiger partial charge on any atom is 0.231 e. The van der Waals surface area contributed by atoms with Crippen molar-refractivity contribution in [2.75, 3.05) is 63.7 Å². The molecule has 1 atom stereocenters. The maximum absolute atomic E-state index is 5.44. The van der Waals surface area contributed by atoms with Crippen LogP contribution < -0.4 is 10.2 Å². The number of morpholine rings is 1. The first kappa shape index (κ1) is 20.2. The van der Waals surface area contributed by atoms with Crippen LogP contribution in [0.5, 0.6) is 0 Å². The molecule has 2 aliphatic rings. The van der Waals surface area contributed by atoms with E-state index in [1.165, 1.54) is 5.56 Å². The molecule has 0 unspecified atom stereocenters. The Labute approximate surface area is 183 Å². The minimum Gasteiger partial charge on any atom is -0.379 e. The van der Waals surface area contributed by atoms with Crippen LogP contribution in [0.2, 0.25) is 0 Å². The summed E-state index contributed by atoms with van der Waals surface area (Å²) in [6, 6.07) is 11.2. The molecule has 164 valence electrons. The van der Waals surface area contributed by atoms with Gasteiger partial charge in [0.2, 0.25) is 5.95 Å². The van der Waals surface area contributed by atoms with Crippen molar-refractivity contribution in [2.45, 2.75) is 19.0 Å². The van der Waals surface area contributed by atoms with Crippen LogP contribution in [0.25, 0.3) is 11.0 Å². The van der Waals surface area contributed by atoms with Gasteiger partial charge in [-0.05, 0) is 44.3 Å². The molecule has 2 N–H and O–H groups in total. The van der Waals surface area contributed by atoms with Gasteiger partial charge in [0, 0.05) is 50.6 Å². The third kappa shape index (κ3) is 4.51. The number of H-pyrrole nitrogens is 1. The molecule has 3 aromatic rings. The molecule has 4 heterocycles. The van der Waals surface area contributed by atoms with Crippen molar-refractivity contribution in [2.24, 2.45) is 0 Å². The summed E-state index contributed by atoms with van der Waals surface area (Å²) in [5.41, 5.74) is 3.17. The van der Waals surface area contributed by atoms with Crippen LogP contribution >= 0.6 is 0 Å². The highest BCUT2D eigenvalue weighted by Crippen LogP contribution is 2.29. The summed E-state index contributed by atoms with van der Waals surface area (Å²) in [6.45, 7) is 6.60. The fourth-order valence-corrected chi connectivity index (χ4v) is 4.42. The fourth-order valence-electron chi connectivity index (χ4n) is 4.42. The van der Waals surface area contributed by atoms with E-state index >= 15 is 0 Å². The lowest BCUT2D eigenvalue weighted by Crippen LogP contribution is -2.35. The van der Waals surface area contributed by atoms with E-state index in [9.17, 15) is 0 Å². The van der Waals surface area contributed by atoms with Crippen LogP contribution in [-0.4, -0.2) is 84.3 Å². The van der Waals surface area contributed by atoms with Crippen molar-refractivity contribution in [3.05, 3.63) is 42.1 Å². The topological polar surface area (TPSA) is 72.6 Å². The van der Waals surface area contributed by atoms with Gasteiger partial charge in [0.15, 0.2) is 0 Å². The SMILES string of the molecule is CN(C)[C@@H]1CCN(c2nc(Nc3ccc(CN4CCOCC4)cc3)nc3[nH]ccc23)C1. The van der Waals surface area contributed by atoms with Gasteiger partial charge in [-0.1, -0.05) is 12.1 Å². The molecule has 8 heteroatoms. The summed E-state index contributed by atoms with van der Waals surface area (Å²) in [6.07, 6.45) is 3.09. The summed E-state index contributed by atoms with van der Waals surface area (Å²) in [5.74, 6) is 1.63. The molecule has 8 nitrogen and oxygen atoms in total. The van der Waals surface area contributed by atoms with E-state index in [1.54, 1.807) is 0 Å². The zero-order valence-corrected chi connectivity index (χ0v) is 18.3. The second-order valence-corrected chi connectivity index (χ2v) is 8.67. The summed E-state index contributed by atoms with van der Waals surface area (Å²) >= 11 is 0. The summed E-state index contributed by atoms with van der Waals surface area (Å²) in [5, 5.41) is 4.48. The lowest BCUT2D eigenvalue weighted by molar-refractivity contribution is 0.0342. The van der Waals surface area contributed by atoms with Crippen molar-refractivity contribution in [1.29, 1.82) is 0 Å². The van der Waals surface area contributed by atoms with Crippen molar-refractivity contribution >= 4 is 28.5 Å². The Morgan fingerprint density at radius 3 is 2.65 bits per heavy atom. The van der Waals surface area contributed by atoms with E-state index in [4.69, 9.17) is 14.7 Å². The quantitative estimate of drug-likeness (QED) is 0.634. The molecule has 0 amide bonds. The molecule has 2 aliphatic heterocycles. The van der Waals surface area contributed by atoms with Crippen LogP contribution in [0.4, 0.5) is 17.5 Å². The number of nitrogens with one attached hydrogen (secondary N) is 2. The van der Waals surface area contributed by atoms with E-state index in [0.717, 1.165) is 74.9 Å². The van der Waals surface area contributed by atoms with Crippen LogP contribution in [0.15, 0.2) is 36.5 Å². The molecular formula is C23H31N7O. The monoisotopic (exact) mass is 421 g/mol. The minimum absolute atomic E-state index is 0.555. The van der Waals surface area contributed by atoms with E-state index in [2.05, 4.69) is 69.4 Å². The van der Waals surface area contributed by atoms with Gasteiger partial charge in [0.25, 0.3) is 0 Å². The molecule has 1 aromatic carbocycles. The number of ether oxygens (including phenoxy) is 1. The van der Waals surface area contributed by atoms with Crippen molar-refractivity contribution < 1.29 is 4.74 Å². The van der Waals surface area contributed by atoms with Gasteiger partial charge in [-0.25, -0.2) is 0 Å². The highest BCUT2D eigenvalue weighted by molar-refractivity contribution is 5.89. The molecule has 5 rings (SSSR count). The average Bonchev–Trinajstić information content (AvgIpc) is 3.45. The first-order valence-electron chi connectivity index (χ1n) is 11.1. The van der Waals surface area contributed by atoms with Gasteiger partial charge in [-0.2, -0.15) is 9.97 Å². The molecular weight excluding hydrogens is 390 g/mol. The van der Waals surface area contributed by atoms with E-state index in [-0.39, 0.29) is 0 Å². The number of rotatable bonds is 6. The lowest BCUT2D eigenvalue weighted by Gasteiger charge is -2.26. The standard InChI is InChI=1S/C23H31N7O/c1-28(2)19-8-10-30(16-19)22-20-7-9-24-21(20)26-23(27-22)25-18-5-3-17(4-6-18)15-29-11-13-31-14-12-29/h3-7,9,19H,8,10-16H2,1-2H3,(H2,24,25,26,27)/t19-/m1/s1. The highest BCUT2D eigenvalue weighted by Gasteiger charge is 2.27. The number of hydrogen-bond donors (Lipinski definition) is 2. The summed E-state index contributed by atoms with van der Waals surface area (Å²) < 4.78 is 5.44. The van der Waals surface area contributed by atoms with Gasteiger partial charge in [-0.15, -0.1) is 0 Å². The Bertz CT molecular complexity index is 1010. The molecule has 0 spiro atoms. The molecule has 2 aromatic heterocycles. The van der Waals surface area contributed by atoms with Crippen LogP contribution in [0, 0.1) is 0 Å². The number of likely N-dealkylation sites (N-methyl/N-ethyl adjacent to an activating group) is 1. The van der Waals surface area contributed by atoms with Gasteiger partial charge in [0.05, 0.1) is 18.6 Å². The number of anilines is 3. The Balaban J connectivity index is 1.32. The average molecular weight is 422 g/mol. The first-order valence-corrected chi connectivity index (χ1v) is 11.1. The summed E-state index contributed by atoms with van der Waals surface area (Å²) in [7, 11) is 4.30. The molecule has 0 radical (unpaired) electrons. The second kappa shape index (κ2) is 8.82. The maximum atomic E-state index is 5.44. The number of nitrogens with zero attached hydrogens (tertiary/aromatic N) is 5. The second-order valence-electron chi connectivity index (χ2n) is 8.67. The predicted molar refractivity (Wildman–Crippen MR) is 124 cm³/mol. The van der Waals surface area contributed by atoms with Gasteiger partial charge < -0.3 is 24.8 Å². The van der Waals surface area contributed by atoms with E-state index in [0.29, 0.717) is 12.0 Å². The molecule has 2 saturated heterocycles. The third-order valence-corrected chi connectivity index (χ3v) is 6.31. The zero-order chi connectivity index (χ0) is 21.2. The first-order chi connectivity index (χ1) is 15.2. The van der Waals surface area contributed by atoms with Gasteiger partial charge >= 0.3 is 0 Å². The van der Waals surface area contributed by atoms with Gasteiger partial charge in [-0.3, -0.25) is 4.90 Å². The summed E-state index contributed by atoms with van der Waals surface area (Å²) in [4.78, 5) is 20.0. The Kier molecular flexibility index (Phi) is 5.76. The Hall–Kier alpha value is -2.68. The van der Waals surface area contributed by atoms with Crippen molar-refractivity contribution in [3.8, 4) is 0 Å². The minimum atomic E-state index is 0.555. The van der Waals surface area contributed by atoms with E-state index < -0.39 is 0 Å². The fraction of sp³-hybridized carbons (Fsp3) is 0.478. The largest absolute Gasteiger partial charge is 0.379 e. The predicted octanol–water partition coefficient (Wildman–Crippen LogP) is 2.67. The van der Waals surface area contributed by atoms with E-state index in [1.807, 2.05) is 6.20 Å². The van der Waals surface area contributed by atoms with Crippen molar-refractivity contribution in [1.82, 2.24) is 24.8 Å². The van der Waals surface area contributed by atoms with Crippen molar-refractivity contribution in [3.63, 3.8) is 0 Å². The van der Waals surface area contributed by atoms with Crippen LogP contribution in [0.3, 0.4) is 0 Å². The number of benzene rings is 1. The number of aromatic amines is 1. The van der Waals surface area contributed by atoms with Crippen LogP contribution in [-0.2, 0) is 11.3 Å².